The van der Waals surface area contributed by atoms with E-state index in [-0.39, 0.29) is 0 Å². The molecular formula is C11H22N2O2. The molecule has 0 rings (SSSR count). The highest BCUT2D eigenvalue weighted by molar-refractivity contribution is 4.67. The molecule has 0 atom stereocenters. The number of hydrogen-bond acceptors (Lipinski definition) is 4. The third kappa shape index (κ3) is 13.4. The predicted octanol–water partition coefficient (Wildman–Crippen LogP) is 1.45. The maximum atomic E-state index is 8.31. The first-order chi connectivity index (χ1) is 7.41. The van der Waals surface area contributed by atoms with E-state index in [0.717, 1.165) is 32.3 Å². The van der Waals surface area contributed by atoms with Gasteiger partial charge in [0.15, 0.2) is 0 Å². The number of nitriles is 1. The van der Waals surface area contributed by atoms with Gasteiger partial charge in [0, 0.05) is 19.6 Å². The van der Waals surface area contributed by atoms with Gasteiger partial charge in [-0.3, -0.25) is 0 Å². The van der Waals surface area contributed by atoms with Crippen LogP contribution >= 0.6 is 0 Å². The summed E-state index contributed by atoms with van der Waals surface area (Å²) in [6, 6.07) is 2.14. The first-order valence-corrected chi connectivity index (χ1v) is 5.64. The first kappa shape index (κ1) is 14.4. The summed E-state index contributed by atoms with van der Waals surface area (Å²) >= 11 is 0. The van der Waals surface area contributed by atoms with Crippen molar-refractivity contribution >= 4 is 0 Å². The van der Waals surface area contributed by atoms with Gasteiger partial charge >= 0.3 is 0 Å². The third-order valence-electron chi connectivity index (χ3n) is 1.96. The second kappa shape index (κ2) is 13.4. The van der Waals surface area contributed by atoms with Crippen LogP contribution in [0.15, 0.2) is 0 Å². The lowest BCUT2D eigenvalue weighted by molar-refractivity contribution is 0.0492. The molecule has 0 aliphatic heterocycles. The highest BCUT2D eigenvalue weighted by Gasteiger charge is 1.91. The Morgan fingerprint density at radius 3 is 2.20 bits per heavy atom. The zero-order valence-electron chi connectivity index (χ0n) is 9.41. The Morgan fingerprint density at radius 2 is 1.53 bits per heavy atom. The summed E-state index contributed by atoms with van der Waals surface area (Å²) < 4.78 is 10.5. The van der Waals surface area contributed by atoms with E-state index in [1.165, 1.54) is 0 Å². The van der Waals surface area contributed by atoms with E-state index in [2.05, 4.69) is 6.07 Å². The summed E-state index contributed by atoms with van der Waals surface area (Å²) in [6.45, 7) is 3.25. The molecule has 15 heavy (non-hydrogen) atoms. The average Bonchev–Trinajstić information content (AvgIpc) is 2.26. The van der Waals surface area contributed by atoms with Gasteiger partial charge in [0.2, 0.25) is 0 Å². The van der Waals surface area contributed by atoms with E-state index in [9.17, 15) is 0 Å². The van der Waals surface area contributed by atoms with Crippen molar-refractivity contribution in [2.24, 2.45) is 5.73 Å². The van der Waals surface area contributed by atoms with Gasteiger partial charge in [0.1, 0.15) is 0 Å². The van der Waals surface area contributed by atoms with Gasteiger partial charge in [0.05, 0.1) is 25.9 Å². The maximum absolute atomic E-state index is 8.31. The summed E-state index contributed by atoms with van der Waals surface area (Å²) in [6.07, 6.45) is 5.03. The second-order valence-electron chi connectivity index (χ2n) is 3.34. The predicted molar refractivity (Wildman–Crippen MR) is 59.4 cm³/mol. The molecule has 0 aliphatic carbocycles. The van der Waals surface area contributed by atoms with Crippen molar-refractivity contribution in [3.8, 4) is 6.07 Å². The number of nitrogens with zero attached hydrogens (tertiary/aromatic N) is 1. The van der Waals surface area contributed by atoms with Crippen LogP contribution in [0.1, 0.15) is 32.1 Å². The lowest BCUT2D eigenvalue weighted by atomic mass is 10.2. The Labute approximate surface area is 92.3 Å². The largest absolute Gasteiger partial charge is 0.379 e. The van der Waals surface area contributed by atoms with Crippen molar-refractivity contribution in [3.63, 3.8) is 0 Å². The Hall–Kier alpha value is -0.630. The molecule has 0 heterocycles. The lowest BCUT2D eigenvalue weighted by Gasteiger charge is -2.04. The third-order valence-corrected chi connectivity index (χ3v) is 1.96. The number of rotatable bonds is 11. The van der Waals surface area contributed by atoms with Crippen LogP contribution in [0.5, 0.6) is 0 Å². The normalized spacial score (nSPS) is 10.1. The molecule has 0 fully saturated rings. The van der Waals surface area contributed by atoms with Gasteiger partial charge in [-0.15, -0.1) is 0 Å². The van der Waals surface area contributed by atoms with Crippen molar-refractivity contribution in [2.45, 2.75) is 32.1 Å². The Morgan fingerprint density at radius 1 is 0.867 bits per heavy atom. The van der Waals surface area contributed by atoms with E-state index in [4.69, 9.17) is 20.5 Å². The number of hydrogen-bond donors (Lipinski definition) is 1. The minimum Gasteiger partial charge on any atom is -0.379 e. The second-order valence-corrected chi connectivity index (χ2v) is 3.34. The van der Waals surface area contributed by atoms with Gasteiger partial charge < -0.3 is 15.2 Å². The smallest absolute Gasteiger partial charge is 0.0701 e. The van der Waals surface area contributed by atoms with Crippen molar-refractivity contribution in [1.29, 1.82) is 5.26 Å². The van der Waals surface area contributed by atoms with Crippen LogP contribution in [0.3, 0.4) is 0 Å². The molecule has 0 aliphatic rings. The van der Waals surface area contributed by atoms with Crippen LogP contribution in [-0.2, 0) is 9.47 Å². The van der Waals surface area contributed by atoms with Crippen LogP contribution in [0.25, 0.3) is 0 Å². The molecule has 0 spiro atoms. The lowest BCUT2D eigenvalue weighted by Crippen LogP contribution is -2.12. The molecule has 0 aromatic carbocycles. The molecule has 0 amide bonds. The molecule has 0 aromatic rings. The van der Waals surface area contributed by atoms with Crippen LogP contribution < -0.4 is 5.73 Å². The average molecular weight is 214 g/mol. The van der Waals surface area contributed by atoms with Crippen molar-refractivity contribution < 1.29 is 9.47 Å². The van der Waals surface area contributed by atoms with Crippen molar-refractivity contribution in [3.05, 3.63) is 0 Å². The van der Waals surface area contributed by atoms with Gasteiger partial charge in [-0.2, -0.15) is 5.26 Å². The Kier molecular flexibility index (Phi) is 12.8. The summed E-state index contributed by atoms with van der Waals surface area (Å²) in [5, 5.41) is 8.31. The van der Waals surface area contributed by atoms with Gasteiger partial charge in [-0.1, -0.05) is 12.8 Å². The zero-order valence-corrected chi connectivity index (χ0v) is 9.41. The first-order valence-electron chi connectivity index (χ1n) is 5.64. The van der Waals surface area contributed by atoms with Crippen LogP contribution in [0.2, 0.25) is 0 Å². The molecule has 88 valence electrons. The van der Waals surface area contributed by atoms with Crippen LogP contribution in [0.4, 0.5) is 0 Å². The summed E-state index contributed by atoms with van der Waals surface area (Å²) in [5.41, 5.74) is 5.26. The SMILES string of the molecule is N#CCCCCCCOCCOCCN. The Balaban J connectivity index is 2.84. The fourth-order valence-electron chi connectivity index (χ4n) is 1.17. The maximum Gasteiger partial charge on any atom is 0.0701 e. The van der Waals surface area contributed by atoms with E-state index in [1.807, 2.05) is 0 Å². The quantitative estimate of drug-likeness (QED) is 0.529. The number of ether oxygens (including phenoxy) is 2. The highest BCUT2D eigenvalue weighted by Crippen LogP contribution is 2.02. The van der Waals surface area contributed by atoms with E-state index in [1.54, 1.807) is 0 Å². The Bertz CT molecular complexity index is 157. The zero-order chi connectivity index (χ0) is 11.2. The molecule has 4 heteroatoms. The summed E-state index contributed by atoms with van der Waals surface area (Å²) in [7, 11) is 0. The molecule has 0 unspecified atom stereocenters. The molecule has 0 radical (unpaired) electrons. The molecule has 0 saturated carbocycles. The highest BCUT2D eigenvalue weighted by atomic mass is 16.5. The standard InChI is InChI=1S/C11H22N2O2/c12-6-4-2-1-3-5-8-14-10-11-15-9-7-13/h1-5,7-11,13H2. The van der Waals surface area contributed by atoms with E-state index >= 15 is 0 Å². The van der Waals surface area contributed by atoms with Crippen LogP contribution in [-0.4, -0.2) is 33.0 Å². The number of unbranched alkanes of at least 4 members (excludes halogenated alkanes) is 4. The van der Waals surface area contributed by atoms with Gasteiger partial charge in [-0.25, -0.2) is 0 Å². The molecule has 2 N–H and O–H groups in total. The van der Waals surface area contributed by atoms with Gasteiger partial charge in [0.25, 0.3) is 0 Å². The molecule has 4 nitrogen and oxygen atoms in total. The molecule has 0 saturated heterocycles. The van der Waals surface area contributed by atoms with Crippen molar-refractivity contribution in [2.75, 3.05) is 33.0 Å². The minimum atomic E-state index is 0.568. The topological polar surface area (TPSA) is 68.3 Å². The van der Waals surface area contributed by atoms with Crippen molar-refractivity contribution in [1.82, 2.24) is 0 Å². The summed E-state index contributed by atoms with van der Waals surface area (Å²) in [4.78, 5) is 0. The fourth-order valence-corrected chi connectivity index (χ4v) is 1.17. The van der Waals surface area contributed by atoms with E-state index < -0.39 is 0 Å². The number of nitrogens with two attached hydrogens (primary N) is 1. The van der Waals surface area contributed by atoms with E-state index in [0.29, 0.717) is 32.8 Å². The van der Waals surface area contributed by atoms with Gasteiger partial charge in [-0.05, 0) is 12.8 Å². The minimum absolute atomic E-state index is 0.568. The fraction of sp³-hybridized carbons (Fsp3) is 0.909. The summed E-state index contributed by atoms with van der Waals surface area (Å²) in [5.74, 6) is 0. The monoisotopic (exact) mass is 214 g/mol. The van der Waals surface area contributed by atoms with Crippen LogP contribution in [0, 0.1) is 11.3 Å². The molecule has 0 bridgehead atoms. The molecular weight excluding hydrogens is 192 g/mol. The molecule has 0 aromatic heterocycles.